The lowest BCUT2D eigenvalue weighted by Crippen LogP contribution is -2.10. The summed E-state index contributed by atoms with van der Waals surface area (Å²) in [6.45, 7) is 1.96. The first-order valence-electron chi connectivity index (χ1n) is 5.02. The smallest absolute Gasteiger partial charge is 0.304 e. The lowest BCUT2D eigenvalue weighted by Gasteiger charge is -2.10. The highest BCUT2D eigenvalue weighted by Gasteiger charge is 2.12. The van der Waals surface area contributed by atoms with Gasteiger partial charge in [0.05, 0.1) is 13.5 Å². The number of carboxylic acids is 1. The zero-order chi connectivity index (χ0) is 12.1. The topological polar surface area (TPSA) is 46.5 Å². The molecule has 0 amide bonds. The number of aliphatic carboxylic acids is 1. The van der Waals surface area contributed by atoms with Crippen molar-refractivity contribution in [3.05, 3.63) is 29.3 Å². The van der Waals surface area contributed by atoms with Gasteiger partial charge in [-0.2, -0.15) is 0 Å². The van der Waals surface area contributed by atoms with E-state index in [1.54, 1.807) is 7.11 Å². The summed E-state index contributed by atoms with van der Waals surface area (Å²) < 4.78 is 5.09. The molecule has 1 aromatic carbocycles. The average molecular weight is 243 g/mol. The highest BCUT2D eigenvalue weighted by molar-refractivity contribution is 6.21. The van der Waals surface area contributed by atoms with Crippen molar-refractivity contribution in [2.75, 3.05) is 7.11 Å². The summed E-state index contributed by atoms with van der Waals surface area (Å²) in [5.74, 6) is -0.0724. The molecule has 4 heteroatoms. The maximum absolute atomic E-state index is 10.5. The van der Waals surface area contributed by atoms with Crippen molar-refractivity contribution in [1.82, 2.24) is 0 Å². The van der Waals surface area contributed by atoms with Gasteiger partial charge in [-0.25, -0.2) is 0 Å². The molecule has 0 fully saturated rings. The van der Waals surface area contributed by atoms with Gasteiger partial charge in [0.1, 0.15) is 5.75 Å². The van der Waals surface area contributed by atoms with Crippen molar-refractivity contribution < 1.29 is 14.6 Å². The van der Waals surface area contributed by atoms with E-state index < -0.39 is 5.97 Å². The van der Waals surface area contributed by atoms with Crippen LogP contribution >= 0.6 is 11.6 Å². The first kappa shape index (κ1) is 12.8. The molecule has 3 nitrogen and oxygen atoms in total. The number of methoxy groups -OCH3 is 1. The third-order valence-electron chi connectivity index (χ3n) is 2.39. The minimum Gasteiger partial charge on any atom is -0.497 e. The van der Waals surface area contributed by atoms with Crippen LogP contribution in [-0.2, 0) is 11.2 Å². The molecule has 0 aliphatic carbocycles. The number of carboxylic acid groups (broad SMARTS) is 1. The Bertz CT molecular complexity index is 377. The molecule has 16 heavy (non-hydrogen) atoms. The Morgan fingerprint density at radius 1 is 1.56 bits per heavy atom. The number of hydrogen-bond acceptors (Lipinski definition) is 2. The Morgan fingerprint density at radius 3 is 2.75 bits per heavy atom. The molecule has 1 rings (SSSR count). The lowest BCUT2D eigenvalue weighted by atomic mass is 10.0. The standard InChI is InChI=1S/C12H15ClO3/c1-8-5-11(16-2)4-3-9(8)6-10(13)7-12(14)15/h3-5,10H,6-7H2,1-2H3,(H,14,15). The summed E-state index contributed by atoms with van der Waals surface area (Å²) in [5, 5.41) is 8.24. The molecule has 0 spiro atoms. The van der Waals surface area contributed by atoms with Gasteiger partial charge < -0.3 is 9.84 Å². The van der Waals surface area contributed by atoms with Crippen molar-refractivity contribution in [3.8, 4) is 5.75 Å². The van der Waals surface area contributed by atoms with Gasteiger partial charge in [0.15, 0.2) is 0 Å². The van der Waals surface area contributed by atoms with Crippen molar-refractivity contribution in [2.24, 2.45) is 0 Å². The molecule has 1 aromatic rings. The number of rotatable bonds is 5. The van der Waals surface area contributed by atoms with E-state index in [2.05, 4.69) is 0 Å². The molecule has 0 radical (unpaired) electrons. The Morgan fingerprint density at radius 2 is 2.25 bits per heavy atom. The molecule has 1 N–H and O–H groups in total. The molecule has 0 aliphatic rings. The first-order chi connectivity index (χ1) is 7.52. The lowest BCUT2D eigenvalue weighted by molar-refractivity contribution is -0.137. The van der Waals surface area contributed by atoms with Crippen LogP contribution in [0.2, 0.25) is 0 Å². The highest BCUT2D eigenvalue weighted by atomic mass is 35.5. The predicted molar refractivity (Wildman–Crippen MR) is 63.3 cm³/mol. The zero-order valence-electron chi connectivity index (χ0n) is 9.37. The summed E-state index contributed by atoms with van der Waals surface area (Å²) in [4.78, 5) is 10.5. The van der Waals surface area contributed by atoms with Crippen molar-refractivity contribution in [1.29, 1.82) is 0 Å². The molecule has 0 saturated heterocycles. The minimum absolute atomic E-state index is 0.0208. The Hall–Kier alpha value is -1.22. The van der Waals surface area contributed by atoms with Crippen LogP contribution < -0.4 is 4.74 Å². The SMILES string of the molecule is COc1ccc(CC(Cl)CC(=O)O)c(C)c1. The maximum Gasteiger partial charge on any atom is 0.304 e. The van der Waals surface area contributed by atoms with Gasteiger partial charge in [-0.3, -0.25) is 4.79 Å². The van der Waals surface area contributed by atoms with Crippen LogP contribution in [0.3, 0.4) is 0 Å². The zero-order valence-corrected chi connectivity index (χ0v) is 10.1. The molecule has 0 heterocycles. The summed E-state index contributed by atoms with van der Waals surface area (Å²) in [6, 6.07) is 5.69. The summed E-state index contributed by atoms with van der Waals surface area (Å²) in [6.07, 6.45) is 0.538. The van der Waals surface area contributed by atoms with Crippen molar-refractivity contribution >= 4 is 17.6 Å². The van der Waals surface area contributed by atoms with E-state index >= 15 is 0 Å². The largest absolute Gasteiger partial charge is 0.497 e. The van der Waals surface area contributed by atoms with Gasteiger partial charge in [0, 0.05) is 5.38 Å². The Labute approximate surface area is 100.0 Å². The molecule has 0 bridgehead atoms. The second-order valence-corrected chi connectivity index (χ2v) is 4.31. The van der Waals surface area contributed by atoms with E-state index in [0.717, 1.165) is 16.9 Å². The van der Waals surface area contributed by atoms with Gasteiger partial charge in [0.25, 0.3) is 0 Å². The van der Waals surface area contributed by atoms with E-state index in [-0.39, 0.29) is 11.8 Å². The number of hydrogen-bond donors (Lipinski definition) is 1. The monoisotopic (exact) mass is 242 g/mol. The third-order valence-corrected chi connectivity index (χ3v) is 2.70. The minimum atomic E-state index is -0.869. The Kier molecular flexibility index (Phi) is 4.62. The molecular weight excluding hydrogens is 228 g/mol. The maximum atomic E-state index is 10.5. The van der Waals surface area contributed by atoms with Crippen LogP contribution in [0.15, 0.2) is 18.2 Å². The summed E-state index contributed by atoms with van der Waals surface area (Å²) in [7, 11) is 1.61. The van der Waals surface area contributed by atoms with Crippen LogP contribution in [-0.4, -0.2) is 23.6 Å². The van der Waals surface area contributed by atoms with Crippen LogP contribution in [0.5, 0.6) is 5.75 Å². The van der Waals surface area contributed by atoms with Crippen LogP contribution in [0.25, 0.3) is 0 Å². The normalized spacial score (nSPS) is 12.2. The number of ether oxygens (including phenoxy) is 1. The number of alkyl halides is 1. The van der Waals surface area contributed by atoms with Crippen LogP contribution in [0, 0.1) is 6.92 Å². The fourth-order valence-corrected chi connectivity index (χ4v) is 1.82. The van der Waals surface area contributed by atoms with E-state index in [1.165, 1.54) is 0 Å². The highest BCUT2D eigenvalue weighted by Crippen LogP contribution is 2.20. The fourth-order valence-electron chi connectivity index (χ4n) is 1.52. The Balaban J connectivity index is 2.70. The average Bonchev–Trinajstić information content (AvgIpc) is 2.19. The third kappa shape index (κ3) is 3.74. The predicted octanol–water partition coefficient (Wildman–Crippen LogP) is 2.63. The van der Waals surface area contributed by atoms with Crippen LogP contribution in [0.4, 0.5) is 0 Å². The number of carbonyl (C=O) groups is 1. The van der Waals surface area contributed by atoms with E-state index in [0.29, 0.717) is 6.42 Å². The number of halogens is 1. The van der Waals surface area contributed by atoms with Crippen molar-refractivity contribution in [3.63, 3.8) is 0 Å². The molecule has 0 aliphatic heterocycles. The quantitative estimate of drug-likeness (QED) is 0.808. The molecule has 1 atom stereocenters. The van der Waals surface area contributed by atoms with E-state index in [9.17, 15) is 4.79 Å². The van der Waals surface area contributed by atoms with E-state index in [1.807, 2.05) is 25.1 Å². The number of aryl methyl sites for hydroxylation is 1. The van der Waals surface area contributed by atoms with Gasteiger partial charge in [-0.05, 0) is 36.6 Å². The molecule has 88 valence electrons. The number of benzene rings is 1. The van der Waals surface area contributed by atoms with Gasteiger partial charge in [-0.1, -0.05) is 6.07 Å². The molecular formula is C12H15ClO3. The molecule has 0 saturated carbocycles. The van der Waals surface area contributed by atoms with Crippen molar-refractivity contribution in [2.45, 2.75) is 25.1 Å². The first-order valence-corrected chi connectivity index (χ1v) is 5.46. The molecule has 0 aromatic heterocycles. The second-order valence-electron chi connectivity index (χ2n) is 3.69. The van der Waals surface area contributed by atoms with Gasteiger partial charge >= 0.3 is 5.97 Å². The van der Waals surface area contributed by atoms with E-state index in [4.69, 9.17) is 21.4 Å². The van der Waals surface area contributed by atoms with Gasteiger partial charge in [0.2, 0.25) is 0 Å². The molecule has 1 unspecified atom stereocenters. The summed E-state index contributed by atoms with van der Waals surface area (Å²) >= 11 is 5.94. The van der Waals surface area contributed by atoms with Gasteiger partial charge in [-0.15, -0.1) is 11.6 Å². The second kappa shape index (κ2) is 5.75. The van der Waals surface area contributed by atoms with Crippen LogP contribution in [0.1, 0.15) is 17.5 Å². The fraction of sp³-hybridized carbons (Fsp3) is 0.417. The summed E-state index contributed by atoms with van der Waals surface area (Å²) in [5.41, 5.74) is 2.12.